The lowest BCUT2D eigenvalue weighted by molar-refractivity contribution is 0.119. The molecule has 0 spiro atoms. The Balaban J connectivity index is 1.79. The van der Waals surface area contributed by atoms with Crippen LogP contribution in [0.2, 0.25) is 0 Å². The third-order valence-corrected chi connectivity index (χ3v) is 5.55. The molecule has 1 atom stereocenters. The first-order valence-electron chi connectivity index (χ1n) is 7.36. The monoisotopic (exact) mass is 355 g/mol. The fourth-order valence-electron chi connectivity index (χ4n) is 2.53. The van der Waals surface area contributed by atoms with Crippen molar-refractivity contribution in [3.63, 3.8) is 0 Å². The van der Waals surface area contributed by atoms with E-state index in [4.69, 9.17) is 4.74 Å². The van der Waals surface area contributed by atoms with Crippen LogP contribution in [0.1, 0.15) is 12.8 Å². The van der Waals surface area contributed by atoms with Crippen molar-refractivity contribution in [3.8, 4) is 6.01 Å². The van der Waals surface area contributed by atoms with Crippen LogP contribution < -0.4 is 4.74 Å². The molecule has 1 fully saturated rings. The van der Waals surface area contributed by atoms with Crippen LogP contribution >= 0.6 is 0 Å². The van der Waals surface area contributed by atoms with Crippen molar-refractivity contribution >= 4 is 10.0 Å². The van der Waals surface area contributed by atoms with E-state index in [0.29, 0.717) is 18.9 Å². The molecule has 0 saturated carbocycles. The Hall–Kier alpha value is -2.13. The molecule has 0 radical (unpaired) electrons. The molecular weight excluding hydrogens is 340 g/mol. The molecule has 0 aliphatic carbocycles. The highest BCUT2D eigenvalue weighted by Gasteiger charge is 2.33. The third-order valence-electron chi connectivity index (χ3n) is 3.67. The van der Waals surface area contributed by atoms with Gasteiger partial charge in [-0.05, 0) is 37.1 Å². The van der Waals surface area contributed by atoms with Crippen LogP contribution in [-0.4, -0.2) is 41.9 Å². The predicted molar refractivity (Wildman–Crippen MR) is 80.8 cm³/mol. The second-order valence-electron chi connectivity index (χ2n) is 5.35. The van der Waals surface area contributed by atoms with E-state index in [9.17, 15) is 17.2 Å². The minimum atomic E-state index is -4.14. The van der Waals surface area contributed by atoms with Gasteiger partial charge in [0.2, 0.25) is 10.0 Å². The summed E-state index contributed by atoms with van der Waals surface area (Å²) in [6, 6.07) is 4.16. The molecule has 128 valence electrons. The smallest absolute Gasteiger partial charge is 0.316 e. The highest BCUT2D eigenvalue weighted by Crippen LogP contribution is 2.24. The number of hydrogen-bond acceptors (Lipinski definition) is 5. The van der Waals surface area contributed by atoms with E-state index >= 15 is 0 Å². The molecule has 1 aromatic carbocycles. The summed E-state index contributed by atoms with van der Waals surface area (Å²) >= 11 is 0. The number of ether oxygens (including phenoxy) is 1. The Morgan fingerprint density at radius 2 is 1.96 bits per heavy atom. The Morgan fingerprint density at radius 1 is 1.21 bits per heavy atom. The van der Waals surface area contributed by atoms with Crippen LogP contribution in [0.5, 0.6) is 6.01 Å². The van der Waals surface area contributed by atoms with Crippen molar-refractivity contribution in [1.29, 1.82) is 0 Å². The van der Waals surface area contributed by atoms with Crippen molar-refractivity contribution in [2.45, 2.75) is 23.8 Å². The van der Waals surface area contributed by atoms with E-state index in [1.54, 1.807) is 6.07 Å². The van der Waals surface area contributed by atoms with Gasteiger partial charge in [-0.2, -0.15) is 4.31 Å². The molecule has 0 amide bonds. The van der Waals surface area contributed by atoms with Crippen LogP contribution in [0.4, 0.5) is 8.78 Å². The minimum absolute atomic E-state index is 0.0243. The minimum Gasteiger partial charge on any atom is -0.459 e. The number of rotatable bonds is 4. The van der Waals surface area contributed by atoms with Crippen molar-refractivity contribution < 1.29 is 21.9 Å². The number of aromatic nitrogens is 2. The lowest BCUT2D eigenvalue weighted by Gasteiger charge is -2.31. The third kappa shape index (κ3) is 3.51. The van der Waals surface area contributed by atoms with Crippen molar-refractivity contribution in [3.05, 3.63) is 48.3 Å². The highest BCUT2D eigenvalue weighted by atomic mass is 32.2. The molecule has 24 heavy (non-hydrogen) atoms. The van der Waals surface area contributed by atoms with E-state index in [1.165, 1.54) is 12.4 Å². The highest BCUT2D eigenvalue weighted by molar-refractivity contribution is 7.89. The van der Waals surface area contributed by atoms with Crippen molar-refractivity contribution in [2.75, 3.05) is 13.1 Å². The molecule has 1 saturated heterocycles. The second-order valence-corrected chi connectivity index (χ2v) is 7.26. The molecule has 0 N–H and O–H groups in total. The Morgan fingerprint density at radius 3 is 2.71 bits per heavy atom. The van der Waals surface area contributed by atoms with E-state index in [2.05, 4.69) is 9.97 Å². The van der Waals surface area contributed by atoms with Gasteiger partial charge in [-0.1, -0.05) is 0 Å². The van der Waals surface area contributed by atoms with Gasteiger partial charge in [0.15, 0.2) is 0 Å². The second kappa shape index (κ2) is 6.78. The molecule has 3 rings (SSSR count). The Bertz CT molecular complexity index is 818. The van der Waals surface area contributed by atoms with Gasteiger partial charge in [-0.3, -0.25) is 0 Å². The fourth-order valence-corrected chi connectivity index (χ4v) is 4.11. The maximum atomic E-state index is 13.8. The van der Waals surface area contributed by atoms with Crippen LogP contribution in [0.3, 0.4) is 0 Å². The average molecular weight is 355 g/mol. The Kier molecular flexibility index (Phi) is 4.72. The predicted octanol–water partition coefficient (Wildman–Crippen LogP) is 1.99. The largest absolute Gasteiger partial charge is 0.459 e. The van der Waals surface area contributed by atoms with E-state index < -0.39 is 32.7 Å². The molecule has 1 aromatic heterocycles. The molecule has 1 aliphatic rings. The summed E-state index contributed by atoms with van der Waals surface area (Å²) in [5.74, 6) is -1.79. The topological polar surface area (TPSA) is 72.4 Å². The summed E-state index contributed by atoms with van der Waals surface area (Å²) in [5.41, 5.74) is 0. The normalized spacial score (nSPS) is 19.2. The summed E-state index contributed by atoms with van der Waals surface area (Å²) in [7, 11) is -4.14. The van der Waals surface area contributed by atoms with Gasteiger partial charge in [-0.15, -0.1) is 0 Å². The Labute approximate surface area is 138 Å². The molecule has 1 aliphatic heterocycles. The lowest BCUT2D eigenvalue weighted by atomic mass is 10.1. The number of sulfonamides is 1. The summed E-state index contributed by atoms with van der Waals surface area (Å²) in [6.07, 6.45) is 3.74. The van der Waals surface area contributed by atoms with E-state index in [0.717, 1.165) is 16.4 Å². The summed E-state index contributed by atoms with van der Waals surface area (Å²) < 4.78 is 59.0. The molecule has 6 nitrogen and oxygen atoms in total. The maximum absolute atomic E-state index is 13.8. The number of benzene rings is 1. The quantitative estimate of drug-likeness (QED) is 0.839. The zero-order valence-electron chi connectivity index (χ0n) is 12.6. The summed E-state index contributed by atoms with van der Waals surface area (Å²) in [5, 5.41) is 0. The first-order valence-corrected chi connectivity index (χ1v) is 8.80. The van der Waals surface area contributed by atoms with Gasteiger partial charge in [0, 0.05) is 18.9 Å². The molecule has 0 bridgehead atoms. The number of nitrogens with zero attached hydrogens (tertiary/aromatic N) is 3. The maximum Gasteiger partial charge on any atom is 0.316 e. The van der Waals surface area contributed by atoms with Gasteiger partial charge in [0.1, 0.15) is 22.6 Å². The van der Waals surface area contributed by atoms with Gasteiger partial charge in [-0.25, -0.2) is 27.2 Å². The van der Waals surface area contributed by atoms with Crippen LogP contribution in [-0.2, 0) is 10.0 Å². The zero-order valence-corrected chi connectivity index (χ0v) is 13.4. The fraction of sp³-hybridized carbons (Fsp3) is 0.333. The van der Waals surface area contributed by atoms with Gasteiger partial charge >= 0.3 is 6.01 Å². The number of halogens is 2. The van der Waals surface area contributed by atoms with E-state index in [1.807, 2.05) is 0 Å². The van der Waals surface area contributed by atoms with Gasteiger partial charge in [0.05, 0.1) is 6.54 Å². The molecule has 1 unspecified atom stereocenters. The van der Waals surface area contributed by atoms with Gasteiger partial charge < -0.3 is 4.74 Å². The van der Waals surface area contributed by atoms with Crippen LogP contribution in [0.25, 0.3) is 0 Å². The van der Waals surface area contributed by atoms with Crippen LogP contribution in [0.15, 0.2) is 41.6 Å². The lowest BCUT2D eigenvalue weighted by Crippen LogP contribution is -2.44. The summed E-state index contributed by atoms with van der Waals surface area (Å²) in [6.45, 7) is 0.240. The molecule has 9 heteroatoms. The number of piperidine rings is 1. The molecule has 2 heterocycles. The van der Waals surface area contributed by atoms with E-state index in [-0.39, 0.29) is 19.1 Å². The van der Waals surface area contributed by atoms with Crippen LogP contribution in [0, 0.1) is 11.6 Å². The van der Waals surface area contributed by atoms with Crippen molar-refractivity contribution in [2.24, 2.45) is 0 Å². The zero-order chi connectivity index (χ0) is 17.2. The first-order chi connectivity index (χ1) is 11.5. The average Bonchev–Trinajstić information content (AvgIpc) is 2.58. The van der Waals surface area contributed by atoms with Crippen molar-refractivity contribution in [1.82, 2.24) is 14.3 Å². The summed E-state index contributed by atoms with van der Waals surface area (Å²) in [4.78, 5) is 7.20. The number of hydrogen-bond donors (Lipinski definition) is 0. The SMILES string of the molecule is O=S(=O)(c1cc(F)ccc1F)N1CCCC(Oc2ncccn2)C1. The standard InChI is InChI=1S/C15H15F2N3O3S/c16-11-4-5-13(17)14(9-11)24(21,22)20-8-1-3-12(10-20)23-15-18-6-2-7-19-15/h2,4-7,9,12H,1,3,8,10H2. The molecular formula is C15H15F2N3O3S. The van der Waals surface area contributed by atoms with Gasteiger partial charge in [0.25, 0.3) is 0 Å². The first kappa shape index (κ1) is 16.7. The molecule has 2 aromatic rings.